The maximum atomic E-state index is 11.5. The Labute approximate surface area is 184 Å². The molecule has 0 amide bonds. The molecule has 0 saturated carbocycles. The molecule has 0 aromatic rings. The molecule has 10 heteroatoms. The van der Waals surface area contributed by atoms with Crippen molar-refractivity contribution in [2.24, 2.45) is 0 Å². The minimum atomic E-state index is -5.11. The van der Waals surface area contributed by atoms with Crippen LogP contribution in [0.3, 0.4) is 0 Å². The Bertz CT molecular complexity index is 510. The average molecular weight is 433 g/mol. The first-order chi connectivity index (χ1) is 12.8. The molecule has 8 nitrogen and oxygen atoms in total. The number of aliphatic carboxylic acids is 1. The van der Waals surface area contributed by atoms with Crippen LogP contribution in [0, 0.1) is 0 Å². The minimum Gasteiger partial charge on any atom is -0.747 e. The van der Waals surface area contributed by atoms with Crippen molar-refractivity contribution in [1.82, 2.24) is 0 Å². The fraction of sp³-hybridized carbons (Fsp3) is 0.889. The summed E-state index contributed by atoms with van der Waals surface area (Å²) in [7, 11) is -5.11. The zero-order chi connectivity index (χ0) is 20.5. The molecule has 0 aromatic heterocycles. The molecule has 0 N–H and O–H groups in total. The maximum absolute atomic E-state index is 11.5. The smallest absolute Gasteiger partial charge is 0.747 e. The Morgan fingerprint density at radius 1 is 0.857 bits per heavy atom. The summed E-state index contributed by atoms with van der Waals surface area (Å²) >= 11 is 0. The first-order valence-electron chi connectivity index (χ1n) is 9.68. The molecule has 0 spiro atoms. The van der Waals surface area contributed by atoms with E-state index in [9.17, 15) is 27.7 Å². The molecule has 160 valence electrons. The molecule has 0 aliphatic rings. The van der Waals surface area contributed by atoms with Crippen molar-refractivity contribution in [2.75, 3.05) is 19.8 Å². The van der Waals surface area contributed by atoms with Gasteiger partial charge in [-0.05, 0) is 6.42 Å². The van der Waals surface area contributed by atoms with Crippen molar-refractivity contribution < 1.29 is 37.1 Å². The average Bonchev–Trinajstić information content (AvgIpc) is 2.58. The van der Waals surface area contributed by atoms with Crippen molar-refractivity contribution in [3.8, 4) is 0 Å². The zero-order valence-electron chi connectivity index (χ0n) is 16.9. The molecule has 1 atom stereocenters. The van der Waals surface area contributed by atoms with Gasteiger partial charge in [-0.15, -0.1) is 0 Å². The molecule has 0 aliphatic heterocycles. The summed E-state index contributed by atoms with van der Waals surface area (Å²) in [5, 5.41) is 8.13. The summed E-state index contributed by atoms with van der Waals surface area (Å²) in [5.41, 5.74) is 0. The van der Waals surface area contributed by atoms with Gasteiger partial charge in [-0.3, -0.25) is 4.79 Å². The molecule has 0 saturated heterocycles. The van der Waals surface area contributed by atoms with E-state index in [0.717, 1.165) is 19.3 Å². The standard InChI is InChI=1S/C18H34O8S.Mg/c1-2-3-4-5-6-7-8-9-10-11-12-25-13-14-26-18(21)16(15-17(19)20)27(22,23)24;/h16H,2-15H2,1H3,(H,19,20)(H,22,23,24);/q;+2/p-2. The van der Waals surface area contributed by atoms with Gasteiger partial charge in [0.2, 0.25) is 0 Å². The molecule has 0 radical (unpaired) electrons. The van der Waals surface area contributed by atoms with E-state index in [4.69, 9.17) is 4.74 Å². The van der Waals surface area contributed by atoms with E-state index >= 15 is 0 Å². The predicted molar refractivity (Wildman–Crippen MR) is 102 cm³/mol. The fourth-order valence-corrected chi connectivity index (χ4v) is 3.19. The van der Waals surface area contributed by atoms with Gasteiger partial charge < -0.3 is 23.9 Å². The first kappa shape index (κ1) is 29.8. The summed E-state index contributed by atoms with van der Waals surface area (Å²) in [6, 6.07) is 0. The van der Waals surface area contributed by atoms with Crippen LogP contribution < -0.4 is 5.11 Å². The number of rotatable bonds is 18. The Morgan fingerprint density at radius 2 is 1.36 bits per heavy atom. The van der Waals surface area contributed by atoms with Crippen LogP contribution in [0.15, 0.2) is 0 Å². The summed E-state index contributed by atoms with van der Waals surface area (Å²) in [6.07, 6.45) is 10.8. The molecule has 1 unspecified atom stereocenters. The third-order valence-electron chi connectivity index (χ3n) is 4.08. The third kappa shape index (κ3) is 17.7. The van der Waals surface area contributed by atoms with Crippen LogP contribution in [-0.2, 0) is 29.2 Å². The zero-order valence-corrected chi connectivity index (χ0v) is 19.1. The number of carboxylic acid groups (broad SMARTS) is 1. The summed E-state index contributed by atoms with van der Waals surface area (Å²) < 4.78 is 42.5. The normalized spacial score (nSPS) is 12.2. The van der Waals surface area contributed by atoms with Crippen molar-refractivity contribution in [3.63, 3.8) is 0 Å². The van der Waals surface area contributed by atoms with Crippen LogP contribution in [-0.4, -0.2) is 73.0 Å². The molecule has 0 aromatic carbocycles. The van der Waals surface area contributed by atoms with Crippen LogP contribution in [0.25, 0.3) is 0 Å². The third-order valence-corrected chi connectivity index (χ3v) is 5.13. The Kier molecular flexibility index (Phi) is 19.8. The van der Waals surface area contributed by atoms with Crippen LogP contribution in [0.5, 0.6) is 0 Å². The second-order valence-corrected chi connectivity index (χ2v) is 8.07. The van der Waals surface area contributed by atoms with Gasteiger partial charge in [0.25, 0.3) is 0 Å². The SMILES string of the molecule is CCCCCCCCCCCCOCCOC(=O)C(CC(=O)[O-])S(=O)(=O)[O-].[Mg+2]. The number of esters is 1. The molecule has 0 aliphatic carbocycles. The van der Waals surface area contributed by atoms with Gasteiger partial charge in [-0.25, -0.2) is 8.42 Å². The van der Waals surface area contributed by atoms with Gasteiger partial charge in [-0.2, -0.15) is 0 Å². The monoisotopic (exact) mass is 432 g/mol. The second kappa shape index (κ2) is 18.6. The number of carbonyl (C=O) groups excluding carboxylic acids is 2. The van der Waals surface area contributed by atoms with Gasteiger partial charge in [-0.1, -0.05) is 64.7 Å². The fourth-order valence-electron chi connectivity index (χ4n) is 2.54. The maximum Gasteiger partial charge on any atom is 2.00 e. The van der Waals surface area contributed by atoms with E-state index in [1.165, 1.54) is 44.9 Å². The van der Waals surface area contributed by atoms with Crippen molar-refractivity contribution >= 4 is 45.1 Å². The van der Waals surface area contributed by atoms with E-state index in [1.807, 2.05) is 0 Å². The van der Waals surface area contributed by atoms with Crippen LogP contribution >= 0.6 is 0 Å². The quantitative estimate of drug-likeness (QED) is 0.136. The largest absolute Gasteiger partial charge is 2.00 e. The van der Waals surface area contributed by atoms with Gasteiger partial charge in [0, 0.05) is 19.0 Å². The Balaban J connectivity index is 0. The number of ether oxygens (including phenoxy) is 2. The topological polar surface area (TPSA) is 133 Å². The van der Waals surface area contributed by atoms with Crippen LogP contribution in [0.2, 0.25) is 0 Å². The molecule has 0 heterocycles. The number of carbonyl (C=O) groups is 2. The van der Waals surface area contributed by atoms with Crippen molar-refractivity contribution in [2.45, 2.75) is 82.8 Å². The first-order valence-corrected chi connectivity index (χ1v) is 11.1. The summed E-state index contributed by atoms with van der Waals surface area (Å²) in [4.78, 5) is 21.9. The molecule has 0 bridgehead atoms. The number of hydrogen-bond donors (Lipinski definition) is 0. The van der Waals surface area contributed by atoms with Gasteiger partial charge in [0.15, 0.2) is 5.25 Å². The minimum absolute atomic E-state index is 0. The molecular weight excluding hydrogens is 401 g/mol. The molecule has 28 heavy (non-hydrogen) atoms. The van der Waals surface area contributed by atoms with Gasteiger partial charge in [0.05, 0.1) is 6.61 Å². The Hall–Kier alpha value is -0.424. The molecular formula is C18H32MgO8S. The predicted octanol–water partition coefficient (Wildman–Crippen LogP) is 1.14. The van der Waals surface area contributed by atoms with E-state index < -0.39 is 33.7 Å². The van der Waals surface area contributed by atoms with E-state index in [2.05, 4.69) is 11.7 Å². The summed E-state index contributed by atoms with van der Waals surface area (Å²) in [5.74, 6) is -3.20. The van der Waals surface area contributed by atoms with Crippen molar-refractivity contribution in [3.05, 3.63) is 0 Å². The molecule has 0 rings (SSSR count). The molecule has 0 fully saturated rings. The van der Waals surface area contributed by atoms with Gasteiger partial charge in [0.1, 0.15) is 16.7 Å². The van der Waals surface area contributed by atoms with Gasteiger partial charge >= 0.3 is 29.0 Å². The van der Waals surface area contributed by atoms with E-state index in [-0.39, 0.29) is 36.3 Å². The second-order valence-electron chi connectivity index (χ2n) is 6.52. The number of carboxylic acids is 1. The van der Waals surface area contributed by atoms with Crippen LogP contribution in [0.4, 0.5) is 0 Å². The van der Waals surface area contributed by atoms with E-state index in [1.54, 1.807) is 0 Å². The van der Waals surface area contributed by atoms with Crippen molar-refractivity contribution in [1.29, 1.82) is 0 Å². The number of unbranched alkanes of at least 4 members (excludes halogenated alkanes) is 9. The van der Waals surface area contributed by atoms with E-state index in [0.29, 0.717) is 6.61 Å². The van der Waals surface area contributed by atoms with Crippen LogP contribution in [0.1, 0.15) is 77.6 Å². The number of hydrogen-bond acceptors (Lipinski definition) is 8. The Morgan fingerprint density at radius 3 is 1.82 bits per heavy atom. The summed E-state index contributed by atoms with van der Waals surface area (Å²) in [6.45, 7) is 2.52.